The van der Waals surface area contributed by atoms with E-state index in [0.717, 1.165) is 41.7 Å². The van der Waals surface area contributed by atoms with Crippen LogP contribution in [0.3, 0.4) is 0 Å². The van der Waals surface area contributed by atoms with Gasteiger partial charge in [0.05, 0.1) is 0 Å². The molecule has 0 bridgehead atoms. The van der Waals surface area contributed by atoms with Gasteiger partial charge in [0.25, 0.3) is 11.8 Å². The molecule has 0 aromatic carbocycles. The highest BCUT2D eigenvalue weighted by atomic mass is 16.8. The van der Waals surface area contributed by atoms with Gasteiger partial charge < -0.3 is 4.74 Å². The first kappa shape index (κ1) is 28.6. The first-order chi connectivity index (χ1) is 18.1. The molecule has 4 rings (SSSR count). The van der Waals surface area contributed by atoms with Gasteiger partial charge in [-0.2, -0.15) is 0 Å². The van der Waals surface area contributed by atoms with Crippen molar-refractivity contribution in [2.45, 2.75) is 117 Å². The molecule has 0 radical (unpaired) electrons. The summed E-state index contributed by atoms with van der Waals surface area (Å²) in [7, 11) is 0. The van der Waals surface area contributed by atoms with Crippen molar-refractivity contribution < 1.29 is 24.0 Å². The van der Waals surface area contributed by atoms with Crippen LogP contribution in [0.5, 0.6) is 0 Å². The Morgan fingerprint density at radius 3 is 2.50 bits per heavy atom. The Labute approximate surface area is 228 Å². The minimum absolute atomic E-state index is 0.0642. The molecular weight excluding hydrogens is 478 g/mol. The van der Waals surface area contributed by atoms with Crippen LogP contribution in [0.15, 0.2) is 35.5 Å². The summed E-state index contributed by atoms with van der Waals surface area (Å²) >= 11 is 0. The molecule has 0 N–H and O–H groups in total. The fourth-order valence-electron chi connectivity index (χ4n) is 7.64. The molecule has 0 unspecified atom stereocenters. The molecule has 5 atom stereocenters. The van der Waals surface area contributed by atoms with Crippen LogP contribution in [-0.2, 0) is 19.2 Å². The Balaban J connectivity index is 1.38. The summed E-state index contributed by atoms with van der Waals surface area (Å²) in [6.45, 7) is 14.0. The SMILES string of the molecule is C=C1CC[C@H](OC(=O)ON2C(=O)CCC2=O)C/C1=C/C=C1\CCC[C@]2(C)[C@@H]([C@H](C)CCCC(C)C)CC[C@@H]12. The Kier molecular flexibility index (Phi) is 9.20. The van der Waals surface area contributed by atoms with Crippen LogP contribution >= 0.6 is 0 Å². The van der Waals surface area contributed by atoms with Crippen molar-refractivity contribution in [3.8, 4) is 0 Å². The maximum absolute atomic E-state index is 12.3. The molecule has 3 saturated carbocycles. The van der Waals surface area contributed by atoms with Crippen LogP contribution in [0.25, 0.3) is 0 Å². The number of rotatable bonds is 8. The standard InChI is InChI=1S/C32H47NO5/c1-21(2)8-6-9-23(4)27-15-16-28-24(10-7-19-32(27,28)5)12-13-25-20-26(14-11-22(25)3)37-31(36)38-33-29(34)17-18-30(33)35/h12-13,21,23,26-28H,3,6-11,14-20H2,1-2,4-5H3/b24-12+,25-13-/t23-,26+,27-,28+,32-/m1/s1. The minimum Gasteiger partial charge on any atom is -0.429 e. The predicted octanol–water partition coefficient (Wildman–Crippen LogP) is 7.84. The van der Waals surface area contributed by atoms with Crippen LogP contribution < -0.4 is 0 Å². The van der Waals surface area contributed by atoms with Crippen LogP contribution in [0.4, 0.5) is 4.79 Å². The third-order valence-corrected chi connectivity index (χ3v) is 9.77. The number of fused-ring (bicyclic) bond motifs is 1. The van der Waals surface area contributed by atoms with Gasteiger partial charge in [-0.3, -0.25) is 14.4 Å². The zero-order valence-corrected chi connectivity index (χ0v) is 23.9. The number of amides is 2. The lowest BCUT2D eigenvalue weighted by atomic mass is 9.60. The molecule has 1 saturated heterocycles. The topological polar surface area (TPSA) is 72.9 Å². The quantitative estimate of drug-likeness (QED) is 0.238. The molecule has 6 nitrogen and oxygen atoms in total. The van der Waals surface area contributed by atoms with E-state index in [1.807, 2.05) is 0 Å². The average molecular weight is 526 g/mol. The van der Waals surface area contributed by atoms with Gasteiger partial charge in [-0.05, 0) is 79.6 Å². The van der Waals surface area contributed by atoms with Gasteiger partial charge in [0.2, 0.25) is 0 Å². The van der Waals surface area contributed by atoms with E-state index in [0.29, 0.717) is 29.2 Å². The highest BCUT2D eigenvalue weighted by molar-refractivity contribution is 6.01. The van der Waals surface area contributed by atoms with Gasteiger partial charge >= 0.3 is 6.16 Å². The van der Waals surface area contributed by atoms with E-state index < -0.39 is 18.0 Å². The molecule has 38 heavy (non-hydrogen) atoms. The van der Waals surface area contributed by atoms with Crippen molar-refractivity contribution in [3.63, 3.8) is 0 Å². The van der Waals surface area contributed by atoms with Crippen molar-refractivity contribution in [2.24, 2.45) is 29.1 Å². The van der Waals surface area contributed by atoms with Crippen LogP contribution in [0.2, 0.25) is 0 Å². The second-order valence-electron chi connectivity index (χ2n) is 12.8. The summed E-state index contributed by atoms with van der Waals surface area (Å²) in [6.07, 6.45) is 15.7. The number of hydrogen-bond donors (Lipinski definition) is 0. The number of nitrogens with zero attached hydrogens (tertiary/aromatic N) is 1. The number of carbonyl (C=O) groups is 3. The van der Waals surface area contributed by atoms with Crippen LogP contribution in [-0.4, -0.2) is 29.1 Å². The summed E-state index contributed by atoms with van der Waals surface area (Å²) in [6, 6.07) is 0. The van der Waals surface area contributed by atoms with Crippen LogP contribution in [0, 0.1) is 29.1 Å². The van der Waals surface area contributed by atoms with E-state index >= 15 is 0 Å². The Bertz CT molecular complexity index is 978. The van der Waals surface area contributed by atoms with E-state index in [2.05, 4.69) is 46.4 Å². The predicted molar refractivity (Wildman–Crippen MR) is 148 cm³/mol. The molecule has 3 aliphatic carbocycles. The number of hydrogen-bond acceptors (Lipinski definition) is 5. The van der Waals surface area contributed by atoms with E-state index in [9.17, 15) is 14.4 Å². The Morgan fingerprint density at radius 1 is 1.05 bits per heavy atom. The second-order valence-corrected chi connectivity index (χ2v) is 12.8. The zero-order valence-electron chi connectivity index (χ0n) is 23.9. The highest BCUT2D eigenvalue weighted by Gasteiger charge is 2.50. The van der Waals surface area contributed by atoms with Crippen LogP contribution in [0.1, 0.15) is 111 Å². The Hall–Kier alpha value is -2.37. The number of ether oxygens (including phenoxy) is 1. The third-order valence-electron chi connectivity index (χ3n) is 9.77. The smallest absolute Gasteiger partial charge is 0.429 e. The second kappa shape index (κ2) is 12.2. The van der Waals surface area contributed by atoms with E-state index in [4.69, 9.17) is 9.57 Å². The maximum atomic E-state index is 12.3. The molecule has 0 spiro atoms. The molecule has 4 fully saturated rings. The van der Waals surface area contributed by atoms with E-state index in [-0.39, 0.29) is 18.9 Å². The summed E-state index contributed by atoms with van der Waals surface area (Å²) in [5.74, 6) is 2.02. The van der Waals surface area contributed by atoms with Crippen molar-refractivity contribution >= 4 is 18.0 Å². The Morgan fingerprint density at radius 2 is 1.79 bits per heavy atom. The molecule has 1 aliphatic heterocycles. The number of hydroxylamine groups is 2. The molecule has 0 aromatic heterocycles. The van der Waals surface area contributed by atoms with Crippen molar-refractivity contribution in [1.29, 1.82) is 0 Å². The van der Waals surface area contributed by atoms with Gasteiger partial charge in [0.15, 0.2) is 0 Å². The van der Waals surface area contributed by atoms with Gasteiger partial charge in [0.1, 0.15) is 6.10 Å². The van der Waals surface area contributed by atoms with Gasteiger partial charge in [-0.15, -0.1) is 0 Å². The molecule has 6 heteroatoms. The van der Waals surface area contributed by atoms with Gasteiger partial charge in [0, 0.05) is 19.3 Å². The lowest BCUT2D eigenvalue weighted by molar-refractivity contribution is -0.178. The third kappa shape index (κ3) is 6.43. The minimum atomic E-state index is -0.994. The van der Waals surface area contributed by atoms with E-state index in [1.54, 1.807) is 5.57 Å². The molecule has 210 valence electrons. The van der Waals surface area contributed by atoms with E-state index in [1.165, 1.54) is 44.9 Å². The lowest BCUT2D eigenvalue weighted by Crippen LogP contribution is -2.36. The number of imide groups is 1. The van der Waals surface area contributed by atoms with Crippen molar-refractivity contribution in [2.75, 3.05) is 0 Å². The zero-order chi connectivity index (χ0) is 27.4. The summed E-state index contributed by atoms with van der Waals surface area (Å²) in [4.78, 5) is 40.6. The highest BCUT2D eigenvalue weighted by Crippen LogP contribution is 2.60. The molecule has 2 amide bonds. The van der Waals surface area contributed by atoms with Gasteiger partial charge in [-0.1, -0.05) is 81.9 Å². The molecule has 0 aromatic rings. The van der Waals surface area contributed by atoms with Crippen molar-refractivity contribution in [3.05, 3.63) is 35.5 Å². The maximum Gasteiger partial charge on any atom is 0.534 e. The average Bonchev–Trinajstić information content (AvgIpc) is 3.38. The fraction of sp³-hybridized carbons (Fsp3) is 0.719. The first-order valence-electron chi connectivity index (χ1n) is 14.9. The summed E-state index contributed by atoms with van der Waals surface area (Å²) in [5, 5.41) is 0.533. The fourth-order valence-corrected chi connectivity index (χ4v) is 7.64. The summed E-state index contributed by atoms with van der Waals surface area (Å²) in [5.41, 5.74) is 4.16. The first-order valence-corrected chi connectivity index (χ1v) is 14.9. The van der Waals surface area contributed by atoms with Gasteiger partial charge in [-0.25, -0.2) is 4.79 Å². The molecule has 4 aliphatic rings. The normalized spacial score (nSPS) is 32.8. The number of carbonyl (C=O) groups excluding carboxylic acids is 3. The largest absolute Gasteiger partial charge is 0.534 e. The number of allylic oxidation sites excluding steroid dienone is 4. The lowest BCUT2D eigenvalue weighted by Gasteiger charge is -2.44. The monoisotopic (exact) mass is 525 g/mol. The van der Waals surface area contributed by atoms with Crippen molar-refractivity contribution in [1.82, 2.24) is 5.06 Å². The molecule has 1 heterocycles. The summed E-state index contributed by atoms with van der Waals surface area (Å²) < 4.78 is 5.48. The molecular formula is C32H47NO5.